The Bertz CT molecular complexity index is 393. The molecule has 16 heavy (non-hydrogen) atoms. The molecule has 2 atom stereocenters. The normalized spacial score (nSPS) is 24.8. The monoisotopic (exact) mass is 218 g/mol. The van der Waals surface area contributed by atoms with Gasteiger partial charge in [-0.25, -0.2) is 0 Å². The zero-order chi connectivity index (χ0) is 11.7. The van der Waals surface area contributed by atoms with Crippen LogP contribution < -0.4 is 5.73 Å². The van der Waals surface area contributed by atoms with Gasteiger partial charge >= 0.3 is 0 Å². The number of benzene rings is 1. The molecule has 1 heterocycles. The van der Waals surface area contributed by atoms with Gasteiger partial charge in [0.1, 0.15) is 0 Å². The van der Waals surface area contributed by atoms with Gasteiger partial charge in [-0.1, -0.05) is 25.1 Å². The molecule has 0 bridgehead atoms. The molecule has 1 aliphatic rings. The van der Waals surface area contributed by atoms with Gasteiger partial charge in [0, 0.05) is 24.7 Å². The average molecular weight is 218 g/mol. The Labute approximate surface area is 96.2 Å². The van der Waals surface area contributed by atoms with Crippen LogP contribution in [0.3, 0.4) is 0 Å². The minimum atomic E-state index is 0.109. The lowest BCUT2D eigenvalue weighted by Crippen LogP contribution is -2.32. The molecular weight excluding hydrogens is 200 g/mol. The van der Waals surface area contributed by atoms with Gasteiger partial charge in [-0.3, -0.25) is 4.79 Å². The van der Waals surface area contributed by atoms with Crippen molar-refractivity contribution in [2.24, 2.45) is 11.7 Å². The van der Waals surface area contributed by atoms with Gasteiger partial charge in [-0.05, 0) is 24.5 Å². The number of nitrogens with zero attached hydrogens (tertiary/aromatic N) is 1. The fraction of sp³-hybridized carbons (Fsp3) is 0.462. The van der Waals surface area contributed by atoms with Crippen molar-refractivity contribution in [3.63, 3.8) is 0 Å². The Kier molecular flexibility index (Phi) is 2.97. The van der Waals surface area contributed by atoms with E-state index in [0.29, 0.717) is 12.5 Å². The number of carbonyl (C=O) groups excluding carboxylic acids is 1. The summed E-state index contributed by atoms with van der Waals surface area (Å²) in [5, 5.41) is 0. The lowest BCUT2D eigenvalue weighted by atomic mass is 10.1. The molecule has 1 aromatic rings. The molecule has 1 aliphatic heterocycles. The van der Waals surface area contributed by atoms with Crippen LogP contribution in [0.2, 0.25) is 0 Å². The van der Waals surface area contributed by atoms with Crippen molar-refractivity contribution >= 4 is 5.91 Å². The van der Waals surface area contributed by atoms with Crippen molar-refractivity contribution in [3.05, 3.63) is 35.4 Å². The molecule has 86 valence electrons. The van der Waals surface area contributed by atoms with Crippen LogP contribution in [0.1, 0.15) is 22.8 Å². The van der Waals surface area contributed by atoms with Crippen molar-refractivity contribution in [3.8, 4) is 0 Å². The van der Waals surface area contributed by atoms with Crippen LogP contribution in [0.5, 0.6) is 0 Å². The van der Waals surface area contributed by atoms with E-state index in [4.69, 9.17) is 5.73 Å². The molecule has 0 aliphatic carbocycles. The van der Waals surface area contributed by atoms with Crippen LogP contribution in [-0.2, 0) is 0 Å². The molecule has 1 fully saturated rings. The summed E-state index contributed by atoms with van der Waals surface area (Å²) in [6, 6.07) is 7.82. The summed E-state index contributed by atoms with van der Waals surface area (Å²) in [7, 11) is 0. The molecule has 3 heteroatoms. The zero-order valence-corrected chi connectivity index (χ0v) is 9.81. The molecule has 1 amide bonds. The predicted molar refractivity (Wildman–Crippen MR) is 64.2 cm³/mol. The van der Waals surface area contributed by atoms with Crippen molar-refractivity contribution in [1.29, 1.82) is 0 Å². The summed E-state index contributed by atoms with van der Waals surface area (Å²) in [6.45, 7) is 5.51. The molecule has 1 saturated heterocycles. The van der Waals surface area contributed by atoms with Crippen molar-refractivity contribution in [2.45, 2.75) is 19.9 Å². The zero-order valence-electron chi connectivity index (χ0n) is 9.81. The predicted octanol–water partition coefficient (Wildman–Crippen LogP) is 1.41. The maximum absolute atomic E-state index is 12.2. The molecule has 2 N–H and O–H groups in total. The first-order valence-corrected chi connectivity index (χ1v) is 5.70. The fourth-order valence-corrected chi connectivity index (χ4v) is 2.14. The Hall–Kier alpha value is -1.35. The van der Waals surface area contributed by atoms with Crippen molar-refractivity contribution in [2.75, 3.05) is 13.1 Å². The molecule has 2 unspecified atom stereocenters. The molecular formula is C13H18N2O. The SMILES string of the molecule is Cc1ccccc1C(=O)N1CC(C)C(N)C1. The second-order valence-electron chi connectivity index (χ2n) is 4.67. The van der Waals surface area contributed by atoms with Crippen LogP contribution in [0.4, 0.5) is 0 Å². The van der Waals surface area contributed by atoms with E-state index in [1.807, 2.05) is 36.1 Å². The lowest BCUT2D eigenvalue weighted by Gasteiger charge is -2.17. The van der Waals surface area contributed by atoms with Gasteiger partial charge in [0.25, 0.3) is 5.91 Å². The van der Waals surface area contributed by atoms with E-state index in [1.54, 1.807) is 0 Å². The topological polar surface area (TPSA) is 46.3 Å². The van der Waals surface area contributed by atoms with E-state index in [2.05, 4.69) is 6.92 Å². The maximum atomic E-state index is 12.2. The van der Waals surface area contributed by atoms with Crippen LogP contribution in [0, 0.1) is 12.8 Å². The van der Waals surface area contributed by atoms with E-state index in [1.165, 1.54) is 0 Å². The number of carbonyl (C=O) groups is 1. The van der Waals surface area contributed by atoms with Crippen molar-refractivity contribution < 1.29 is 4.79 Å². The van der Waals surface area contributed by atoms with Crippen LogP contribution >= 0.6 is 0 Å². The van der Waals surface area contributed by atoms with E-state index in [-0.39, 0.29) is 11.9 Å². The number of rotatable bonds is 1. The smallest absolute Gasteiger partial charge is 0.254 e. The lowest BCUT2D eigenvalue weighted by molar-refractivity contribution is 0.0786. The number of hydrogen-bond donors (Lipinski definition) is 1. The highest BCUT2D eigenvalue weighted by Gasteiger charge is 2.30. The summed E-state index contributed by atoms with van der Waals surface area (Å²) < 4.78 is 0. The summed E-state index contributed by atoms with van der Waals surface area (Å²) in [5.41, 5.74) is 7.75. The number of aryl methyl sites for hydroxylation is 1. The van der Waals surface area contributed by atoms with E-state index < -0.39 is 0 Å². The Morgan fingerprint density at radius 2 is 2.06 bits per heavy atom. The van der Waals surface area contributed by atoms with Gasteiger partial charge in [-0.2, -0.15) is 0 Å². The second kappa shape index (κ2) is 4.26. The Morgan fingerprint density at radius 1 is 1.38 bits per heavy atom. The third-order valence-electron chi connectivity index (χ3n) is 3.33. The summed E-state index contributed by atoms with van der Waals surface area (Å²) >= 11 is 0. The average Bonchev–Trinajstić information content (AvgIpc) is 2.59. The molecule has 2 rings (SSSR count). The second-order valence-corrected chi connectivity index (χ2v) is 4.67. The summed E-state index contributed by atoms with van der Waals surface area (Å²) in [5.74, 6) is 0.505. The van der Waals surface area contributed by atoms with Gasteiger partial charge < -0.3 is 10.6 Å². The van der Waals surface area contributed by atoms with Gasteiger partial charge in [0.05, 0.1) is 0 Å². The first-order valence-electron chi connectivity index (χ1n) is 5.70. The highest BCUT2D eigenvalue weighted by atomic mass is 16.2. The summed E-state index contributed by atoms with van der Waals surface area (Å²) in [6.07, 6.45) is 0. The van der Waals surface area contributed by atoms with Gasteiger partial charge in [0.15, 0.2) is 0 Å². The largest absolute Gasteiger partial charge is 0.337 e. The molecule has 0 spiro atoms. The quantitative estimate of drug-likeness (QED) is 0.774. The molecule has 0 radical (unpaired) electrons. The van der Waals surface area contributed by atoms with E-state index >= 15 is 0 Å². The third kappa shape index (κ3) is 1.95. The number of likely N-dealkylation sites (tertiary alicyclic amines) is 1. The maximum Gasteiger partial charge on any atom is 0.254 e. The first-order chi connectivity index (χ1) is 7.59. The van der Waals surface area contributed by atoms with Crippen LogP contribution in [-0.4, -0.2) is 29.9 Å². The Balaban J connectivity index is 2.18. The highest BCUT2D eigenvalue weighted by Crippen LogP contribution is 2.18. The molecule has 1 aromatic carbocycles. The number of amides is 1. The van der Waals surface area contributed by atoms with Crippen molar-refractivity contribution in [1.82, 2.24) is 4.90 Å². The molecule has 0 aromatic heterocycles. The minimum absolute atomic E-state index is 0.109. The third-order valence-corrected chi connectivity index (χ3v) is 3.33. The van der Waals surface area contributed by atoms with Gasteiger partial charge in [-0.15, -0.1) is 0 Å². The van der Waals surface area contributed by atoms with E-state index in [0.717, 1.165) is 17.7 Å². The van der Waals surface area contributed by atoms with Crippen LogP contribution in [0.25, 0.3) is 0 Å². The fourth-order valence-electron chi connectivity index (χ4n) is 2.14. The van der Waals surface area contributed by atoms with Gasteiger partial charge in [0.2, 0.25) is 0 Å². The number of nitrogens with two attached hydrogens (primary N) is 1. The Morgan fingerprint density at radius 3 is 2.62 bits per heavy atom. The van der Waals surface area contributed by atoms with E-state index in [9.17, 15) is 4.79 Å². The highest BCUT2D eigenvalue weighted by molar-refractivity contribution is 5.95. The first kappa shape index (κ1) is 11.1. The molecule has 0 saturated carbocycles. The standard InChI is InChI=1S/C13H18N2O/c1-9-5-3-4-6-11(9)13(16)15-7-10(2)12(14)8-15/h3-6,10,12H,7-8,14H2,1-2H3. The summed E-state index contributed by atoms with van der Waals surface area (Å²) in [4.78, 5) is 14.1. The molecule has 3 nitrogen and oxygen atoms in total. The minimum Gasteiger partial charge on any atom is -0.337 e. The number of hydrogen-bond acceptors (Lipinski definition) is 2. The van der Waals surface area contributed by atoms with Crippen LogP contribution in [0.15, 0.2) is 24.3 Å².